The van der Waals surface area contributed by atoms with Gasteiger partial charge in [0.15, 0.2) is 0 Å². The van der Waals surface area contributed by atoms with Crippen molar-refractivity contribution < 1.29 is 19.8 Å². The van der Waals surface area contributed by atoms with Crippen molar-refractivity contribution in [3.05, 3.63) is 29.8 Å². The lowest BCUT2D eigenvalue weighted by molar-refractivity contribution is -0.143. The molecule has 92 valence electrons. The quantitative estimate of drug-likeness (QED) is 0.738. The minimum absolute atomic E-state index is 0.0537. The molecule has 0 fully saturated rings. The number of hydrogen-bond donors (Lipinski definition) is 3. The molecule has 0 aliphatic heterocycles. The predicted molar refractivity (Wildman–Crippen MR) is 61.9 cm³/mol. The summed E-state index contributed by atoms with van der Waals surface area (Å²) < 4.78 is 0. The minimum Gasteiger partial charge on any atom is -0.508 e. The molecule has 5 heteroatoms. The van der Waals surface area contributed by atoms with Crippen LogP contribution in [0.15, 0.2) is 24.3 Å². The second-order valence-electron chi connectivity index (χ2n) is 3.99. The highest BCUT2D eigenvalue weighted by molar-refractivity contribution is 5.97. The lowest BCUT2D eigenvalue weighted by atomic mass is 9.98. The number of aliphatic carboxylic acids is 1. The highest BCUT2D eigenvalue weighted by atomic mass is 16.4. The topological polar surface area (TPSA) is 86.6 Å². The molecule has 5 nitrogen and oxygen atoms in total. The summed E-state index contributed by atoms with van der Waals surface area (Å²) in [6, 6.07) is 5.61. The average molecular weight is 237 g/mol. The van der Waals surface area contributed by atoms with E-state index in [1.165, 1.54) is 31.2 Å². The summed E-state index contributed by atoms with van der Waals surface area (Å²) in [6.07, 6.45) is 0.284. The number of amides is 1. The predicted octanol–water partition coefficient (Wildman–Crippen LogP) is 1.38. The van der Waals surface area contributed by atoms with Gasteiger partial charge in [0.1, 0.15) is 11.3 Å². The minimum atomic E-state index is -1.28. The summed E-state index contributed by atoms with van der Waals surface area (Å²) in [6.45, 7) is 3.14. The summed E-state index contributed by atoms with van der Waals surface area (Å²) >= 11 is 0. The standard InChI is InChI=1S/C12H15NO4/c1-3-12(2,11(16)17)13-10(15)8-4-6-9(14)7-5-8/h4-7,14H,3H2,1-2H3,(H,13,15)(H,16,17). The number of benzene rings is 1. The van der Waals surface area contributed by atoms with Gasteiger partial charge in [0, 0.05) is 5.56 Å². The Bertz CT molecular complexity index is 427. The van der Waals surface area contributed by atoms with Crippen molar-refractivity contribution in [2.75, 3.05) is 0 Å². The molecule has 1 rings (SSSR count). The van der Waals surface area contributed by atoms with Gasteiger partial charge in [-0.15, -0.1) is 0 Å². The van der Waals surface area contributed by atoms with Gasteiger partial charge < -0.3 is 15.5 Å². The fraction of sp³-hybridized carbons (Fsp3) is 0.333. The Morgan fingerprint density at radius 3 is 2.24 bits per heavy atom. The SMILES string of the molecule is CCC(C)(NC(=O)c1ccc(O)cc1)C(=O)O. The van der Waals surface area contributed by atoms with Gasteiger partial charge in [-0.1, -0.05) is 6.92 Å². The zero-order chi connectivity index (χ0) is 13.1. The number of phenols is 1. The van der Waals surface area contributed by atoms with Gasteiger partial charge in [0.25, 0.3) is 5.91 Å². The Kier molecular flexibility index (Phi) is 3.73. The molecule has 0 saturated heterocycles. The van der Waals surface area contributed by atoms with Gasteiger partial charge in [-0.05, 0) is 37.6 Å². The second kappa shape index (κ2) is 4.86. The van der Waals surface area contributed by atoms with E-state index in [2.05, 4.69) is 5.32 Å². The molecule has 17 heavy (non-hydrogen) atoms. The summed E-state index contributed by atoms with van der Waals surface area (Å²) in [4.78, 5) is 22.8. The van der Waals surface area contributed by atoms with Crippen LogP contribution in [0.2, 0.25) is 0 Å². The highest BCUT2D eigenvalue weighted by Crippen LogP contribution is 2.13. The number of carboxylic acid groups (broad SMARTS) is 1. The van der Waals surface area contributed by atoms with Gasteiger partial charge in [0.05, 0.1) is 0 Å². The van der Waals surface area contributed by atoms with Crippen LogP contribution >= 0.6 is 0 Å². The molecule has 1 aromatic carbocycles. The van der Waals surface area contributed by atoms with Crippen molar-refractivity contribution in [1.82, 2.24) is 5.32 Å². The Labute approximate surface area is 99.1 Å². The van der Waals surface area contributed by atoms with Crippen LogP contribution < -0.4 is 5.32 Å². The summed E-state index contributed by atoms with van der Waals surface area (Å²) in [5, 5.41) is 20.6. The zero-order valence-electron chi connectivity index (χ0n) is 9.73. The Morgan fingerprint density at radius 2 is 1.82 bits per heavy atom. The van der Waals surface area contributed by atoms with Crippen LogP contribution in [-0.4, -0.2) is 27.6 Å². The van der Waals surface area contributed by atoms with Crippen molar-refractivity contribution in [1.29, 1.82) is 0 Å². The van der Waals surface area contributed by atoms with E-state index in [0.29, 0.717) is 5.56 Å². The Morgan fingerprint density at radius 1 is 1.29 bits per heavy atom. The molecular formula is C12H15NO4. The molecule has 0 bridgehead atoms. The van der Waals surface area contributed by atoms with Crippen molar-refractivity contribution >= 4 is 11.9 Å². The largest absolute Gasteiger partial charge is 0.508 e. The van der Waals surface area contributed by atoms with E-state index >= 15 is 0 Å². The fourth-order valence-corrected chi connectivity index (χ4v) is 1.23. The molecule has 0 spiro atoms. The van der Waals surface area contributed by atoms with E-state index in [0.717, 1.165) is 0 Å². The maximum atomic E-state index is 11.8. The molecule has 3 N–H and O–H groups in total. The maximum absolute atomic E-state index is 11.8. The van der Waals surface area contributed by atoms with E-state index in [-0.39, 0.29) is 12.2 Å². The van der Waals surface area contributed by atoms with Gasteiger partial charge >= 0.3 is 5.97 Å². The van der Waals surface area contributed by atoms with E-state index < -0.39 is 17.4 Å². The first kappa shape index (κ1) is 13.0. The number of hydrogen-bond acceptors (Lipinski definition) is 3. The molecule has 0 heterocycles. The lowest BCUT2D eigenvalue weighted by Gasteiger charge is -2.24. The smallest absolute Gasteiger partial charge is 0.329 e. The van der Waals surface area contributed by atoms with Gasteiger partial charge in [-0.25, -0.2) is 4.79 Å². The number of carboxylic acids is 1. The first-order chi connectivity index (χ1) is 7.89. The average Bonchev–Trinajstić information content (AvgIpc) is 2.29. The molecular weight excluding hydrogens is 222 g/mol. The third kappa shape index (κ3) is 2.96. The summed E-state index contributed by atoms with van der Waals surface area (Å²) in [5.74, 6) is -1.50. The van der Waals surface area contributed by atoms with E-state index in [1.807, 2.05) is 0 Å². The number of carbonyl (C=O) groups excluding carboxylic acids is 1. The molecule has 0 aliphatic rings. The van der Waals surface area contributed by atoms with E-state index in [4.69, 9.17) is 10.2 Å². The molecule has 0 saturated carbocycles. The van der Waals surface area contributed by atoms with Crippen LogP contribution in [0.1, 0.15) is 30.6 Å². The first-order valence-electron chi connectivity index (χ1n) is 5.24. The van der Waals surface area contributed by atoms with E-state index in [1.54, 1.807) is 6.92 Å². The second-order valence-corrected chi connectivity index (χ2v) is 3.99. The van der Waals surface area contributed by atoms with Gasteiger partial charge in [-0.3, -0.25) is 4.79 Å². The van der Waals surface area contributed by atoms with Crippen molar-refractivity contribution in [3.8, 4) is 5.75 Å². The summed E-state index contributed by atoms with van der Waals surface area (Å²) in [7, 11) is 0. The zero-order valence-corrected chi connectivity index (χ0v) is 9.73. The van der Waals surface area contributed by atoms with Crippen molar-refractivity contribution in [3.63, 3.8) is 0 Å². The summed E-state index contributed by atoms with van der Waals surface area (Å²) in [5.41, 5.74) is -0.974. The molecule has 1 amide bonds. The van der Waals surface area contributed by atoms with Crippen LogP contribution in [0.4, 0.5) is 0 Å². The molecule has 0 radical (unpaired) electrons. The normalized spacial score (nSPS) is 13.8. The van der Waals surface area contributed by atoms with Crippen molar-refractivity contribution in [2.45, 2.75) is 25.8 Å². The number of nitrogens with one attached hydrogen (secondary N) is 1. The van der Waals surface area contributed by atoms with Gasteiger partial charge in [0.2, 0.25) is 0 Å². The number of rotatable bonds is 4. The van der Waals surface area contributed by atoms with Crippen molar-refractivity contribution in [2.24, 2.45) is 0 Å². The van der Waals surface area contributed by atoms with E-state index in [9.17, 15) is 9.59 Å². The molecule has 1 atom stereocenters. The first-order valence-corrected chi connectivity index (χ1v) is 5.24. The maximum Gasteiger partial charge on any atom is 0.329 e. The lowest BCUT2D eigenvalue weighted by Crippen LogP contribution is -2.51. The van der Waals surface area contributed by atoms with Crippen LogP contribution in [-0.2, 0) is 4.79 Å². The monoisotopic (exact) mass is 237 g/mol. The third-order valence-electron chi connectivity index (χ3n) is 2.70. The van der Waals surface area contributed by atoms with Crippen LogP contribution in [0.5, 0.6) is 5.75 Å². The molecule has 1 unspecified atom stereocenters. The van der Waals surface area contributed by atoms with Crippen LogP contribution in [0.3, 0.4) is 0 Å². The van der Waals surface area contributed by atoms with Crippen LogP contribution in [0, 0.1) is 0 Å². The molecule has 0 aliphatic carbocycles. The number of carbonyl (C=O) groups is 2. The number of phenolic OH excluding ortho intramolecular Hbond substituents is 1. The van der Waals surface area contributed by atoms with Crippen LogP contribution in [0.25, 0.3) is 0 Å². The molecule has 1 aromatic rings. The molecule has 0 aromatic heterocycles. The van der Waals surface area contributed by atoms with Gasteiger partial charge in [-0.2, -0.15) is 0 Å². The number of aromatic hydroxyl groups is 1. The Hall–Kier alpha value is -2.04. The Balaban J connectivity index is 2.85. The third-order valence-corrected chi connectivity index (χ3v) is 2.70. The fourth-order valence-electron chi connectivity index (χ4n) is 1.23. The highest BCUT2D eigenvalue weighted by Gasteiger charge is 2.32.